The van der Waals surface area contributed by atoms with Gasteiger partial charge in [-0.3, -0.25) is 0 Å². The molecule has 0 heterocycles. The van der Waals surface area contributed by atoms with E-state index in [0.717, 1.165) is 16.7 Å². The van der Waals surface area contributed by atoms with Crippen LogP contribution in [0.3, 0.4) is 0 Å². The summed E-state index contributed by atoms with van der Waals surface area (Å²) in [5.41, 5.74) is 6.91. The van der Waals surface area contributed by atoms with Gasteiger partial charge in [-0.05, 0) is 23.8 Å². The second-order valence-electron chi connectivity index (χ2n) is 4.35. The summed E-state index contributed by atoms with van der Waals surface area (Å²) in [6, 6.07) is 12.2. The molecule has 0 spiro atoms. The normalized spacial score (nSPS) is 12.6. The van der Waals surface area contributed by atoms with Gasteiger partial charge in [-0.1, -0.05) is 30.3 Å². The molecular weight excluding hydrogens is 226 g/mol. The van der Waals surface area contributed by atoms with Crippen LogP contribution in [0.2, 0.25) is 0 Å². The zero-order chi connectivity index (χ0) is 13.0. The highest BCUT2D eigenvalue weighted by Crippen LogP contribution is 2.28. The van der Waals surface area contributed by atoms with Crippen molar-refractivity contribution in [2.75, 3.05) is 13.7 Å². The molecule has 0 aliphatic carbocycles. The number of rotatable bonds is 5. The van der Waals surface area contributed by atoms with Crippen molar-refractivity contribution in [3.63, 3.8) is 0 Å². The molecule has 0 saturated carbocycles. The molecule has 0 amide bonds. The summed E-state index contributed by atoms with van der Waals surface area (Å²) in [6.07, 6.45) is 0.0152. The molecule has 0 aliphatic rings. The SMILES string of the molecule is COCC(C)Oc1ccc2ccccc2c1CN. The molecule has 96 valence electrons. The summed E-state index contributed by atoms with van der Waals surface area (Å²) >= 11 is 0. The van der Waals surface area contributed by atoms with Gasteiger partial charge >= 0.3 is 0 Å². The first-order valence-electron chi connectivity index (χ1n) is 6.12. The van der Waals surface area contributed by atoms with E-state index in [2.05, 4.69) is 18.2 Å². The van der Waals surface area contributed by atoms with E-state index in [9.17, 15) is 0 Å². The number of hydrogen-bond acceptors (Lipinski definition) is 3. The minimum absolute atomic E-state index is 0.0152. The van der Waals surface area contributed by atoms with Crippen LogP contribution in [-0.4, -0.2) is 19.8 Å². The van der Waals surface area contributed by atoms with Crippen molar-refractivity contribution in [2.24, 2.45) is 5.73 Å². The molecular formula is C15H19NO2. The lowest BCUT2D eigenvalue weighted by Crippen LogP contribution is -2.19. The number of ether oxygens (including phenoxy) is 2. The Labute approximate surface area is 108 Å². The summed E-state index contributed by atoms with van der Waals surface area (Å²) in [7, 11) is 1.67. The summed E-state index contributed by atoms with van der Waals surface area (Å²) in [4.78, 5) is 0. The van der Waals surface area contributed by atoms with Crippen molar-refractivity contribution in [3.05, 3.63) is 42.0 Å². The van der Waals surface area contributed by atoms with Gasteiger partial charge in [0.25, 0.3) is 0 Å². The largest absolute Gasteiger partial charge is 0.488 e. The van der Waals surface area contributed by atoms with Crippen LogP contribution in [0, 0.1) is 0 Å². The van der Waals surface area contributed by atoms with Crippen molar-refractivity contribution in [1.29, 1.82) is 0 Å². The van der Waals surface area contributed by atoms with Crippen molar-refractivity contribution in [2.45, 2.75) is 19.6 Å². The predicted octanol–water partition coefficient (Wildman–Crippen LogP) is 2.71. The van der Waals surface area contributed by atoms with Crippen LogP contribution >= 0.6 is 0 Å². The lowest BCUT2D eigenvalue weighted by molar-refractivity contribution is 0.0915. The highest BCUT2D eigenvalue weighted by atomic mass is 16.5. The fourth-order valence-corrected chi connectivity index (χ4v) is 2.12. The van der Waals surface area contributed by atoms with Crippen LogP contribution in [0.15, 0.2) is 36.4 Å². The standard InChI is InChI=1S/C15H19NO2/c1-11(10-17-2)18-15-8-7-12-5-3-4-6-13(12)14(15)9-16/h3-8,11H,9-10,16H2,1-2H3. The molecule has 3 nitrogen and oxygen atoms in total. The molecule has 0 aromatic heterocycles. The van der Waals surface area contributed by atoms with Crippen LogP contribution in [0.4, 0.5) is 0 Å². The second kappa shape index (κ2) is 5.85. The topological polar surface area (TPSA) is 44.5 Å². The molecule has 0 radical (unpaired) electrons. The van der Waals surface area contributed by atoms with E-state index in [1.165, 1.54) is 5.39 Å². The van der Waals surface area contributed by atoms with Gasteiger partial charge in [0.2, 0.25) is 0 Å². The Kier molecular flexibility index (Phi) is 4.18. The van der Waals surface area contributed by atoms with E-state index >= 15 is 0 Å². The number of fused-ring (bicyclic) bond motifs is 1. The average molecular weight is 245 g/mol. The highest BCUT2D eigenvalue weighted by Gasteiger charge is 2.10. The third-order valence-electron chi connectivity index (χ3n) is 2.93. The van der Waals surface area contributed by atoms with E-state index in [0.29, 0.717) is 13.2 Å². The number of hydrogen-bond donors (Lipinski definition) is 1. The van der Waals surface area contributed by atoms with Gasteiger partial charge in [0.15, 0.2) is 0 Å². The van der Waals surface area contributed by atoms with Crippen molar-refractivity contribution in [3.8, 4) is 5.75 Å². The van der Waals surface area contributed by atoms with Gasteiger partial charge in [0.1, 0.15) is 11.9 Å². The molecule has 1 atom stereocenters. The minimum Gasteiger partial charge on any atom is -0.488 e. The van der Waals surface area contributed by atoms with Crippen LogP contribution in [0.5, 0.6) is 5.75 Å². The first-order valence-corrected chi connectivity index (χ1v) is 6.12. The van der Waals surface area contributed by atoms with Gasteiger partial charge < -0.3 is 15.2 Å². The summed E-state index contributed by atoms with van der Waals surface area (Å²) in [5.74, 6) is 0.848. The number of methoxy groups -OCH3 is 1. The number of benzene rings is 2. The molecule has 2 aromatic rings. The third kappa shape index (κ3) is 2.63. The average Bonchev–Trinajstić information content (AvgIpc) is 2.38. The molecule has 2 N–H and O–H groups in total. The fourth-order valence-electron chi connectivity index (χ4n) is 2.12. The van der Waals surface area contributed by atoms with E-state index < -0.39 is 0 Å². The smallest absolute Gasteiger partial charge is 0.124 e. The molecule has 0 fully saturated rings. The molecule has 0 aliphatic heterocycles. The van der Waals surface area contributed by atoms with Gasteiger partial charge in [0.05, 0.1) is 6.61 Å². The van der Waals surface area contributed by atoms with Gasteiger partial charge in [-0.2, -0.15) is 0 Å². The van der Waals surface area contributed by atoms with Crippen LogP contribution in [0.1, 0.15) is 12.5 Å². The molecule has 0 bridgehead atoms. The number of nitrogens with two attached hydrogens (primary N) is 1. The Morgan fingerprint density at radius 2 is 1.94 bits per heavy atom. The Morgan fingerprint density at radius 1 is 1.17 bits per heavy atom. The maximum atomic E-state index is 5.88. The second-order valence-corrected chi connectivity index (χ2v) is 4.35. The quantitative estimate of drug-likeness (QED) is 0.881. The lowest BCUT2D eigenvalue weighted by Gasteiger charge is -2.17. The van der Waals surface area contributed by atoms with E-state index in [1.54, 1.807) is 7.11 Å². The lowest BCUT2D eigenvalue weighted by atomic mass is 10.0. The minimum atomic E-state index is 0.0152. The summed E-state index contributed by atoms with van der Waals surface area (Å²) in [6.45, 7) is 3.02. The zero-order valence-corrected chi connectivity index (χ0v) is 10.8. The molecule has 2 aromatic carbocycles. The Bertz CT molecular complexity index is 525. The van der Waals surface area contributed by atoms with Gasteiger partial charge in [-0.15, -0.1) is 0 Å². The van der Waals surface area contributed by atoms with Crippen molar-refractivity contribution in [1.82, 2.24) is 0 Å². The Morgan fingerprint density at radius 3 is 2.67 bits per heavy atom. The molecule has 1 unspecified atom stereocenters. The summed E-state index contributed by atoms with van der Waals surface area (Å²) in [5, 5.41) is 2.34. The van der Waals surface area contributed by atoms with Crippen LogP contribution < -0.4 is 10.5 Å². The van der Waals surface area contributed by atoms with E-state index in [1.807, 2.05) is 25.1 Å². The monoisotopic (exact) mass is 245 g/mol. The Balaban J connectivity index is 2.38. The maximum Gasteiger partial charge on any atom is 0.124 e. The fraction of sp³-hybridized carbons (Fsp3) is 0.333. The van der Waals surface area contributed by atoms with Gasteiger partial charge in [-0.25, -0.2) is 0 Å². The third-order valence-corrected chi connectivity index (χ3v) is 2.93. The first kappa shape index (κ1) is 12.9. The first-order chi connectivity index (χ1) is 8.76. The zero-order valence-electron chi connectivity index (χ0n) is 10.8. The van der Waals surface area contributed by atoms with Crippen molar-refractivity contribution >= 4 is 10.8 Å². The maximum absolute atomic E-state index is 5.88. The molecule has 2 rings (SSSR count). The van der Waals surface area contributed by atoms with E-state index in [-0.39, 0.29) is 6.10 Å². The van der Waals surface area contributed by atoms with Crippen LogP contribution in [0.25, 0.3) is 10.8 Å². The molecule has 3 heteroatoms. The predicted molar refractivity (Wildman–Crippen MR) is 73.8 cm³/mol. The van der Waals surface area contributed by atoms with E-state index in [4.69, 9.17) is 15.2 Å². The van der Waals surface area contributed by atoms with Gasteiger partial charge in [0, 0.05) is 19.2 Å². The van der Waals surface area contributed by atoms with Crippen molar-refractivity contribution < 1.29 is 9.47 Å². The Hall–Kier alpha value is -1.58. The molecule has 18 heavy (non-hydrogen) atoms. The van der Waals surface area contributed by atoms with Crippen LogP contribution in [-0.2, 0) is 11.3 Å². The highest BCUT2D eigenvalue weighted by molar-refractivity contribution is 5.87. The summed E-state index contributed by atoms with van der Waals surface area (Å²) < 4.78 is 11.0. The molecule has 0 saturated heterocycles.